The van der Waals surface area contributed by atoms with Gasteiger partial charge in [-0.2, -0.15) is 0 Å². The topological polar surface area (TPSA) is 54.1 Å². The molecule has 1 aromatic heterocycles. The zero-order valence-electron chi connectivity index (χ0n) is 16.2. The lowest BCUT2D eigenvalue weighted by molar-refractivity contribution is -0.139. The first-order valence-corrected chi connectivity index (χ1v) is 9.57. The average molecular weight is 362 g/mol. The molecule has 27 heavy (non-hydrogen) atoms. The number of hydrogen-bond acceptors (Lipinski definition) is 2. The van der Waals surface area contributed by atoms with Crippen LogP contribution in [0.2, 0.25) is 0 Å². The maximum absolute atomic E-state index is 12.6. The maximum atomic E-state index is 12.6. The zero-order valence-corrected chi connectivity index (χ0v) is 16.2. The van der Waals surface area contributed by atoms with E-state index in [1.807, 2.05) is 13.0 Å². The summed E-state index contributed by atoms with van der Waals surface area (Å²) in [4.78, 5) is 16.2. The van der Waals surface area contributed by atoms with Gasteiger partial charge in [0, 0.05) is 24.2 Å². The summed E-state index contributed by atoms with van der Waals surface area (Å²) in [7, 11) is 0. The minimum atomic E-state index is -0.691. The van der Waals surface area contributed by atoms with Crippen LogP contribution in [0.3, 0.4) is 0 Å². The van der Waals surface area contributed by atoms with Crippen LogP contribution in [-0.4, -0.2) is 23.1 Å². The molecule has 3 aromatic rings. The van der Waals surface area contributed by atoms with Crippen molar-refractivity contribution in [3.8, 4) is 11.3 Å². The number of rotatable bonds is 4. The highest BCUT2D eigenvalue weighted by Gasteiger charge is 2.37. The number of benzene rings is 2. The van der Waals surface area contributed by atoms with Crippen LogP contribution in [0, 0.1) is 13.8 Å². The van der Waals surface area contributed by atoms with E-state index >= 15 is 0 Å². The van der Waals surface area contributed by atoms with Crippen molar-refractivity contribution in [3.05, 3.63) is 59.2 Å². The van der Waals surface area contributed by atoms with Gasteiger partial charge in [-0.25, -0.2) is 0 Å². The molecule has 0 bridgehead atoms. The number of nitrogens with one attached hydrogen (secondary N) is 2. The van der Waals surface area contributed by atoms with Gasteiger partial charge < -0.3 is 15.0 Å². The number of aromatic nitrogens is 1. The van der Waals surface area contributed by atoms with Gasteiger partial charge in [0.1, 0.15) is 5.60 Å². The quantitative estimate of drug-likeness (QED) is 0.710. The Balaban J connectivity index is 1.67. The summed E-state index contributed by atoms with van der Waals surface area (Å²) in [5.41, 5.74) is 6.24. The number of fused-ring (bicyclic) bond motifs is 1. The minimum Gasteiger partial charge on any atom is -0.365 e. The Morgan fingerprint density at radius 3 is 2.70 bits per heavy atom. The molecule has 0 unspecified atom stereocenters. The smallest absolute Gasteiger partial charge is 0.252 e. The second-order valence-electron chi connectivity index (χ2n) is 7.70. The molecule has 0 saturated carbocycles. The third kappa shape index (κ3) is 3.26. The highest BCUT2D eigenvalue weighted by molar-refractivity contribution is 5.93. The van der Waals surface area contributed by atoms with Gasteiger partial charge in [0.25, 0.3) is 5.91 Å². The number of aromatic amines is 1. The summed E-state index contributed by atoms with van der Waals surface area (Å²) in [6, 6.07) is 14.7. The molecular weight excluding hydrogens is 336 g/mol. The molecule has 4 heteroatoms. The maximum Gasteiger partial charge on any atom is 0.252 e. The highest BCUT2D eigenvalue weighted by atomic mass is 16.5. The molecular formula is C23H26N2O2. The Hall–Kier alpha value is -2.59. The lowest BCUT2D eigenvalue weighted by Crippen LogP contribution is -2.43. The standard InChI is InChI=1S/C23H26N2O2/c1-15-12-18(14-24-22(26)23(3)10-7-11-27-23)21-19(13-15)16(2)20(25-21)17-8-5-4-6-9-17/h4-6,8-9,12-13,25H,7,10-11,14H2,1-3H3,(H,24,26)/t23-/m0/s1. The molecule has 140 valence electrons. The first-order chi connectivity index (χ1) is 13.0. The molecule has 1 aliphatic rings. The third-order valence-corrected chi connectivity index (χ3v) is 5.59. The van der Waals surface area contributed by atoms with Crippen LogP contribution < -0.4 is 5.32 Å². The molecule has 1 fully saturated rings. The number of carbonyl (C=O) groups is 1. The van der Waals surface area contributed by atoms with Gasteiger partial charge in [0.2, 0.25) is 0 Å². The molecule has 1 atom stereocenters. The van der Waals surface area contributed by atoms with Gasteiger partial charge in [-0.3, -0.25) is 4.79 Å². The van der Waals surface area contributed by atoms with Crippen molar-refractivity contribution in [2.45, 2.75) is 45.8 Å². The van der Waals surface area contributed by atoms with Gasteiger partial charge in [0.15, 0.2) is 0 Å². The summed E-state index contributed by atoms with van der Waals surface area (Å²) in [6.07, 6.45) is 1.72. The molecule has 4 nitrogen and oxygen atoms in total. The number of aryl methyl sites for hydroxylation is 2. The number of carbonyl (C=O) groups excluding carboxylic acids is 1. The Morgan fingerprint density at radius 1 is 1.22 bits per heavy atom. The van der Waals surface area contributed by atoms with E-state index in [9.17, 15) is 4.79 Å². The predicted octanol–water partition coefficient (Wildman–Crippen LogP) is 4.64. The fourth-order valence-corrected chi connectivity index (χ4v) is 4.01. The molecule has 2 N–H and O–H groups in total. The number of ether oxygens (including phenoxy) is 1. The lowest BCUT2D eigenvalue weighted by atomic mass is 10.0. The second-order valence-corrected chi connectivity index (χ2v) is 7.70. The van der Waals surface area contributed by atoms with E-state index in [2.05, 4.69) is 60.5 Å². The second kappa shape index (κ2) is 6.86. The monoisotopic (exact) mass is 362 g/mol. The minimum absolute atomic E-state index is 0.0267. The van der Waals surface area contributed by atoms with Crippen LogP contribution in [0.25, 0.3) is 22.2 Å². The van der Waals surface area contributed by atoms with Crippen molar-refractivity contribution in [3.63, 3.8) is 0 Å². The van der Waals surface area contributed by atoms with Crippen LogP contribution in [0.15, 0.2) is 42.5 Å². The molecule has 1 aliphatic heterocycles. The molecule has 1 saturated heterocycles. The number of amides is 1. The fraction of sp³-hybridized carbons (Fsp3) is 0.348. The first-order valence-electron chi connectivity index (χ1n) is 9.57. The van der Waals surface area contributed by atoms with Gasteiger partial charge in [-0.05, 0) is 56.4 Å². The molecule has 4 rings (SSSR count). The van der Waals surface area contributed by atoms with Crippen molar-refractivity contribution in [1.29, 1.82) is 0 Å². The van der Waals surface area contributed by atoms with E-state index in [1.165, 1.54) is 22.1 Å². The highest BCUT2D eigenvalue weighted by Crippen LogP contribution is 2.32. The summed E-state index contributed by atoms with van der Waals surface area (Å²) in [5.74, 6) is -0.0267. The van der Waals surface area contributed by atoms with Crippen LogP contribution in [0.4, 0.5) is 0 Å². The van der Waals surface area contributed by atoms with E-state index in [1.54, 1.807) is 0 Å². The van der Waals surface area contributed by atoms with Crippen molar-refractivity contribution < 1.29 is 9.53 Å². The molecule has 0 aliphatic carbocycles. The molecule has 2 aromatic carbocycles. The number of H-pyrrole nitrogens is 1. The molecule has 1 amide bonds. The fourth-order valence-electron chi connectivity index (χ4n) is 4.01. The van der Waals surface area contributed by atoms with E-state index in [4.69, 9.17) is 4.74 Å². The van der Waals surface area contributed by atoms with Crippen LogP contribution in [0.5, 0.6) is 0 Å². The van der Waals surface area contributed by atoms with E-state index in [0.717, 1.165) is 29.6 Å². The summed E-state index contributed by atoms with van der Waals surface area (Å²) < 4.78 is 5.66. The van der Waals surface area contributed by atoms with Crippen LogP contribution in [-0.2, 0) is 16.1 Å². The van der Waals surface area contributed by atoms with Gasteiger partial charge >= 0.3 is 0 Å². The Kier molecular flexibility index (Phi) is 4.52. The van der Waals surface area contributed by atoms with Crippen molar-refractivity contribution >= 4 is 16.8 Å². The molecule has 0 radical (unpaired) electrons. The van der Waals surface area contributed by atoms with E-state index in [0.29, 0.717) is 13.2 Å². The lowest BCUT2D eigenvalue weighted by Gasteiger charge is -2.22. The van der Waals surface area contributed by atoms with Crippen molar-refractivity contribution in [2.24, 2.45) is 0 Å². The Morgan fingerprint density at radius 2 is 2.00 bits per heavy atom. The zero-order chi connectivity index (χ0) is 19.0. The summed E-state index contributed by atoms with van der Waals surface area (Å²) in [5, 5.41) is 4.29. The van der Waals surface area contributed by atoms with Gasteiger partial charge in [-0.1, -0.05) is 42.0 Å². The predicted molar refractivity (Wildman–Crippen MR) is 109 cm³/mol. The van der Waals surface area contributed by atoms with E-state index in [-0.39, 0.29) is 5.91 Å². The summed E-state index contributed by atoms with van der Waals surface area (Å²) in [6.45, 7) is 7.28. The third-order valence-electron chi connectivity index (χ3n) is 5.59. The Labute approximate surface area is 159 Å². The van der Waals surface area contributed by atoms with Crippen LogP contribution >= 0.6 is 0 Å². The Bertz CT molecular complexity index is 983. The normalized spacial score (nSPS) is 19.5. The van der Waals surface area contributed by atoms with Gasteiger partial charge in [-0.15, -0.1) is 0 Å². The van der Waals surface area contributed by atoms with Crippen molar-refractivity contribution in [2.75, 3.05) is 6.61 Å². The van der Waals surface area contributed by atoms with Crippen LogP contribution in [0.1, 0.15) is 36.5 Å². The largest absolute Gasteiger partial charge is 0.365 e. The van der Waals surface area contributed by atoms with Crippen molar-refractivity contribution in [1.82, 2.24) is 10.3 Å². The first kappa shape index (κ1) is 17.8. The van der Waals surface area contributed by atoms with Gasteiger partial charge in [0.05, 0.1) is 5.52 Å². The average Bonchev–Trinajstić information content (AvgIpc) is 3.25. The SMILES string of the molecule is Cc1cc(CNC(=O)[C@]2(C)CCCO2)c2[nH]c(-c3ccccc3)c(C)c2c1. The molecule has 0 spiro atoms. The molecule has 2 heterocycles. The van der Waals surface area contributed by atoms with E-state index < -0.39 is 5.60 Å². The number of hydrogen-bond donors (Lipinski definition) is 2. The summed E-state index contributed by atoms with van der Waals surface area (Å²) >= 11 is 0.